The second-order valence-electron chi connectivity index (χ2n) is 9.86. The Labute approximate surface area is 260 Å². The summed E-state index contributed by atoms with van der Waals surface area (Å²) in [7, 11) is -2.16. The fourth-order valence-corrected chi connectivity index (χ4v) is 6.52. The molecule has 1 aromatic heterocycles. The van der Waals surface area contributed by atoms with Crippen LogP contribution in [-0.2, 0) is 19.6 Å². The van der Waals surface area contributed by atoms with Crippen LogP contribution in [0.2, 0.25) is 5.02 Å². The minimum atomic E-state index is -3.77. The first-order valence-corrected chi connectivity index (χ1v) is 15.7. The van der Waals surface area contributed by atoms with Crippen molar-refractivity contribution in [1.82, 2.24) is 9.29 Å². The van der Waals surface area contributed by atoms with Crippen molar-refractivity contribution < 1.29 is 27.5 Å². The maximum atomic E-state index is 13.3. The summed E-state index contributed by atoms with van der Waals surface area (Å²) in [6, 6.07) is 24.5. The van der Waals surface area contributed by atoms with Crippen LogP contribution in [0.5, 0.6) is 5.75 Å². The molecule has 0 spiro atoms. The number of para-hydroxylation sites is 1. The van der Waals surface area contributed by atoms with E-state index in [-0.39, 0.29) is 21.2 Å². The minimum absolute atomic E-state index is 0.0125. The number of halogens is 1. The Balaban J connectivity index is 1.37. The molecule has 44 heavy (non-hydrogen) atoms. The van der Waals surface area contributed by atoms with Crippen molar-refractivity contribution in [2.24, 2.45) is 0 Å². The topological polar surface area (TPSA) is 115 Å². The Morgan fingerprint density at radius 2 is 1.64 bits per heavy atom. The largest absolute Gasteiger partial charge is 0.497 e. The van der Waals surface area contributed by atoms with Gasteiger partial charge in [0.2, 0.25) is 10.0 Å². The minimum Gasteiger partial charge on any atom is -0.497 e. The third-order valence-electron chi connectivity index (χ3n) is 7.17. The molecule has 0 unspecified atom stereocenters. The van der Waals surface area contributed by atoms with E-state index in [9.17, 15) is 18.0 Å². The number of benzene rings is 4. The molecule has 0 aliphatic heterocycles. The predicted molar refractivity (Wildman–Crippen MR) is 172 cm³/mol. The number of carbonyl (C=O) groups excluding carboxylic acids is 2. The van der Waals surface area contributed by atoms with Crippen molar-refractivity contribution in [3.05, 3.63) is 95.5 Å². The van der Waals surface area contributed by atoms with Crippen molar-refractivity contribution in [2.45, 2.75) is 18.7 Å². The number of aromatic nitrogens is 1. The van der Waals surface area contributed by atoms with Crippen LogP contribution in [0.25, 0.3) is 32.9 Å². The van der Waals surface area contributed by atoms with Crippen LogP contribution < -0.4 is 10.1 Å². The van der Waals surface area contributed by atoms with Crippen molar-refractivity contribution in [1.29, 1.82) is 0 Å². The molecule has 0 saturated carbocycles. The number of fused-ring (bicyclic) bond motifs is 2. The van der Waals surface area contributed by atoms with Gasteiger partial charge in [-0.2, -0.15) is 4.31 Å². The number of anilines is 1. The van der Waals surface area contributed by atoms with Gasteiger partial charge in [0.1, 0.15) is 5.75 Å². The second kappa shape index (κ2) is 13.0. The quantitative estimate of drug-likeness (QED) is 0.174. The number of sulfonamides is 1. The number of carbonyl (C=O) groups is 2. The number of nitrogens with zero attached hydrogens (tertiary/aromatic N) is 2. The van der Waals surface area contributed by atoms with Crippen LogP contribution in [0.3, 0.4) is 0 Å². The second-order valence-corrected chi connectivity index (χ2v) is 12.2. The molecule has 1 amide bonds. The lowest BCUT2D eigenvalue weighted by atomic mass is 10.0. The van der Waals surface area contributed by atoms with Crippen molar-refractivity contribution >= 4 is 60.9 Å². The summed E-state index contributed by atoms with van der Waals surface area (Å²) < 4.78 is 37.9. The first kappa shape index (κ1) is 30.9. The molecular formula is C33H30ClN3O6S. The summed E-state index contributed by atoms with van der Waals surface area (Å²) in [5, 5.41) is 5.24. The van der Waals surface area contributed by atoms with E-state index in [0.717, 1.165) is 22.1 Å². The van der Waals surface area contributed by atoms with Gasteiger partial charge < -0.3 is 14.8 Å². The van der Waals surface area contributed by atoms with Crippen molar-refractivity contribution in [2.75, 3.05) is 32.1 Å². The van der Waals surface area contributed by atoms with Crippen LogP contribution in [0, 0.1) is 0 Å². The average molecular weight is 632 g/mol. The maximum Gasteiger partial charge on any atom is 0.339 e. The Morgan fingerprint density at radius 3 is 2.39 bits per heavy atom. The summed E-state index contributed by atoms with van der Waals surface area (Å²) in [5.41, 5.74) is 2.30. The van der Waals surface area contributed by atoms with Gasteiger partial charge in [0, 0.05) is 24.0 Å². The highest BCUT2D eigenvalue weighted by Crippen LogP contribution is 2.30. The fourth-order valence-electron chi connectivity index (χ4n) is 4.87. The van der Waals surface area contributed by atoms with Gasteiger partial charge in [0.15, 0.2) is 6.61 Å². The van der Waals surface area contributed by atoms with E-state index < -0.39 is 28.5 Å². The Morgan fingerprint density at radius 1 is 0.909 bits per heavy atom. The highest BCUT2D eigenvalue weighted by molar-refractivity contribution is 7.89. The van der Waals surface area contributed by atoms with E-state index in [1.807, 2.05) is 42.5 Å². The summed E-state index contributed by atoms with van der Waals surface area (Å²) in [6.45, 7) is 3.44. The van der Waals surface area contributed by atoms with Crippen LogP contribution >= 0.6 is 11.6 Å². The number of pyridine rings is 1. The molecule has 9 nitrogen and oxygen atoms in total. The molecule has 0 aliphatic carbocycles. The zero-order valence-electron chi connectivity index (χ0n) is 24.3. The van der Waals surface area contributed by atoms with E-state index in [2.05, 4.69) is 5.32 Å². The lowest BCUT2D eigenvalue weighted by molar-refractivity contribution is -0.119. The Bertz CT molecular complexity index is 1990. The molecule has 11 heteroatoms. The van der Waals surface area contributed by atoms with E-state index in [4.69, 9.17) is 26.1 Å². The van der Waals surface area contributed by atoms with Crippen molar-refractivity contribution in [3.63, 3.8) is 0 Å². The normalized spacial score (nSPS) is 11.6. The summed E-state index contributed by atoms with van der Waals surface area (Å²) in [4.78, 5) is 30.9. The van der Waals surface area contributed by atoms with Gasteiger partial charge >= 0.3 is 5.97 Å². The van der Waals surface area contributed by atoms with Crippen LogP contribution in [-0.4, -0.2) is 56.4 Å². The summed E-state index contributed by atoms with van der Waals surface area (Å²) in [5.74, 6) is -0.640. The molecule has 0 aliphatic rings. The first-order chi connectivity index (χ1) is 21.1. The maximum absolute atomic E-state index is 13.3. The molecule has 1 heterocycles. The lowest BCUT2D eigenvalue weighted by Crippen LogP contribution is -2.30. The molecular weight excluding hydrogens is 602 g/mol. The Kier molecular flexibility index (Phi) is 9.14. The highest BCUT2D eigenvalue weighted by atomic mass is 35.5. The molecule has 5 rings (SSSR count). The van der Waals surface area contributed by atoms with E-state index >= 15 is 0 Å². The summed E-state index contributed by atoms with van der Waals surface area (Å²) >= 11 is 6.24. The smallest absolute Gasteiger partial charge is 0.339 e. The van der Waals surface area contributed by atoms with Gasteiger partial charge in [-0.15, -0.1) is 0 Å². The third kappa shape index (κ3) is 6.37. The zero-order valence-corrected chi connectivity index (χ0v) is 25.9. The highest BCUT2D eigenvalue weighted by Gasteiger charge is 2.23. The number of rotatable bonds is 10. The molecule has 1 N–H and O–H groups in total. The lowest BCUT2D eigenvalue weighted by Gasteiger charge is -2.19. The average Bonchev–Trinajstić information content (AvgIpc) is 3.03. The van der Waals surface area contributed by atoms with Gasteiger partial charge in [0.25, 0.3) is 5.91 Å². The monoisotopic (exact) mass is 631 g/mol. The van der Waals surface area contributed by atoms with Crippen molar-refractivity contribution in [3.8, 4) is 17.0 Å². The number of nitrogens with one attached hydrogen (secondary N) is 1. The molecule has 226 valence electrons. The number of hydrogen-bond acceptors (Lipinski definition) is 7. The number of ether oxygens (including phenoxy) is 2. The molecule has 0 fully saturated rings. The van der Waals surface area contributed by atoms with Gasteiger partial charge in [-0.1, -0.05) is 61.8 Å². The summed E-state index contributed by atoms with van der Waals surface area (Å²) in [6.07, 6.45) is 0. The predicted octanol–water partition coefficient (Wildman–Crippen LogP) is 6.54. The molecule has 0 bridgehead atoms. The Hall–Kier alpha value is -4.51. The molecule has 5 aromatic rings. The van der Waals surface area contributed by atoms with Crippen LogP contribution in [0.4, 0.5) is 5.69 Å². The van der Waals surface area contributed by atoms with E-state index in [0.29, 0.717) is 29.7 Å². The van der Waals surface area contributed by atoms with E-state index in [1.54, 1.807) is 45.2 Å². The SMILES string of the molecule is CCN(CC)S(=O)(=O)c1ccc(Cl)c(NC(=O)COC(=O)c2cc(-c3ccc4cc(OC)ccc4c3)nc3ccccc23)c1. The fraction of sp³-hybridized carbons (Fsp3) is 0.182. The van der Waals surface area contributed by atoms with Gasteiger partial charge in [-0.3, -0.25) is 4.79 Å². The van der Waals surface area contributed by atoms with Gasteiger partial charge in [0.05, 0.1) is 39.5 Å². The number of hydrogen-bond donors (Lipinski definition) is 1. The first-order valence-electron chi connectivity index (χ1n) is 13.9. The third-order valence-corrected chi connectivity index (χ3v) is 9.54. The molecule has 4 aromatic carbocycles. The number of amides is 1. The van der Waals surface area contributed by atoms with Gasteiger partial charge in [-0.25, -0.2) is 18.2 Å². The standard InChI is InChI=1S/C33H30ClN3O6S/c1-4-37(5-2)44(40,41)25-14-15-28(34)31(18-25)36-32(38)20-43-33(39)27-19-30(35-29-9-7-6-8-26(27)29)23-11-10-22-17-24(42-3)13-12-21(22)16-23/h6-19H,4-5,20H2,1-3H3,(H,36,38). The molecule has 0 saturated heterocycles. The van der Waals surface area contributed by atoms with Crippen LogP contribution in [0.1, 0.15) is 24.2 Å². The zero-order chi connectivity index (χ0) is 31.4. The number of esters is 1. The molecule has 0 radical (unpaired) electrons. The van der Waals surface area contributed by atoms with Crippen LogP contribution in [0.15, 0.2) is 89.8 Å². The number of methoxy groups -OCH3 is 1. The van der Waals surface area contributed by atoms with Gasteiger partial charge in [-0.05, 0) is 59.3 Å². The molecule has 0 atom stereocenters. The van der Waals surface area contributed by atoms with E-state index in [1.165, 1.54) is 22.5 Å².